The molecule has 1 nitrogen and oxygen atoms in total. The third-order valence-electron chi connectivity index (χ3n) is 2.21. The topological polar surface area (TPSA) is 13.1 Å². The summed E-state index contributed by atoms with van der Waals surface area (Å²) in [5, 5.41) is 0. The summed E-state index contributed by atoms with van der Waals surface area (Å²) in [7, 11) is 0. The molecule has 0 radical (unpaired) electrons. The first-order chi connectivity index (χ1) is 7.16. The van der Waals surface area contributed by atoms with E-state index in [9.17, 15) is 0 Å². The van der Waals surface area contributed by atoms with Gasteiger partial charge in [-0.05, 0) is 30.7 Å². The summed E-state index contributed by atoms with van der Waals surface area (Å²) in [6.45, 7) is 1.95. The van der Waals surface area contributed by atoms with Gasteiger partial charge in [0.1, 0.15) is 5.76 Å². The van der Waals surface area contributed by atoms with Crippen LogP contribution < -0.4 is 0 Å². The normalized spacial score (nSPS) is 12.7. The van der Waals surface area contributed by atoms with Crippen LogP contribution in [0.1, 0.15) is 21.7 Å². The van der Waals surface area contributed by atoms with Crippen LogP contribution in [0.15, 0.2) is 45.5 Å². The maximum atomic E-state index is 5.29. The van der Waals surface area contributed by atoms with Crippen molar-refractivity contribution in [3.63, 3.8) is 0 Å². The van der Waals surface area contributed by atoms with Gasteiger partial charge in [-0.25, -0.2) is 0 Å². The second-order valence-corrected chi connectivity index (χ2v) is 5.24. The van der Waals surface area contributed by atoms with Crippen LogP contribution in [-0.4, -0.2) is 0 Å². The van der Waals surface area contributed by atoms with E-state index in [0.29, 0.717) is 0 Å². The molecule has 1 unspecified atom stereocenters. The molecule has 1 aromatic heterocycles. The molecule has 2 aromatic rings. The molecule has 1 atom stereocenters. The summed E-state index contributed by atoms with van der Waals surface area (Å²) in [6.07, 6.45) is 1.79. The number of rotatable bonds is 2. The molecule has 2 rings (SSSR count). The Morgan fingerprint density at radius 2 is 1.80 bits per heavy atom. The van der Waals surface area contributed by atoms with Gasteiger partial charge in [0.25, 0.3) is 0 Å². The number of halogens is 2. The van der Waals surface area contributed by atoms with Crippen molar-refractivity contribution in [3.8, 4) is 0 Å². The summed E-state index contributed by atoms with van der Waals surface area (Å²) < 4.78 is 6.38. The lowest BCUT2D eigenvalue weighted by atomic mass is 10.1. The van der Waals surface area contributed by atoms with Crippen LogP contribution >= 0.6 is 31.9 Å². The molecule has 0 aliphatic carbocycles. The summed E-state index contributed by atoms with van der Waals surface area (Å²) in [4.78, 5) is 0.197. The Labute approximate surface area is 106 Å². The molecule has 0 saturated heterocycles. The molecule has 0 N–H and O–H groups in total. The van der Waals surface area contributed by atoms with E-state index in [1.807, 2.05) is 25.1 Å². The Morgan fingerprint density at radius 3 is 2.33 bits per heavy atom. The summed E-state index contributed by atoms with van der Waals surface area (Å²) in [5.74, 6) is 0.937. The molecule has 0 aliphatic heterocycles. The van der Waals surface area contributed by atoms with Crippen molar-refractivity contribution in [2.75, 3.05) is 0 Å². The fourth-order valence-corrected chi connectivity index (χ4v) is 2.23. The second kappa shape index (κ2) is 4.54. The van der Waals surface area contributed by atoms with Gasteiger partial charge in [-0.3, -0.25) is 0 Å². The SMILES string of the molecule is Cc1cc(C(Br)c2ccc(Br)cc2)co1. The van der Waals surface area contributed by atoms with E-state index < -0.39 is 0 Å². The van der Waals surface area contributed by atoms with Gasteiger partial charge in [0.2, 0.25) is 0 Å². The van der Waals surface area contributed by atoms with Crippen molar-refractivity contribution in [1.29, 1.82) is 0 Å². The van der Waals surface area contributed by atoms with Gasteiger partial charge in [0.05, 0.1) is 11.1 Å². The van der Waals surface area contributed by atoms with Crippen molar-refractivity contribution < 1.29 is 4.42 Å². The Kier molecular flexibility index (Phi) is 3.32. The van der Waals surface area contributed by atoms with E-state index in [2.05, 4.69) is 44.0 Å². The molecule has 0 saturated carbocycles. The molecule has 15 heavy (non-hydrogen) atoms. The smallest absolute Gasteiger partial charge is 0.101 e. The number of furan rings is 1. The van der Waals surface area contributed by atoms with E-state index in [1.54, 1.807) is 6.26 Å². The summed E-state index contributed by atoms with van der Waals surface area (Å²) in [5.41, 5.74) is 2.37. The third-order valence-corrected chi connectivity index (χ3v) is 3.79. The minimum atomic E-state index is 0.197. The first kappa shape index (κ1) is 11.0. The molecule has 78 valence electrons. The zero-order chi connectivity index (χ0) is 10.8. The average molecular weight is 330 g/mol. The fraction of sp³-hybridized carbons (Fsp3) is 0.167. The van der Waals surface area contributed by atoms with E-state index in [-0.39, 0.29) is 4.83 Å². The fourth-order valence-electron chi connectivity index (χ4n) is 1.42. The predicted octanol–water partition coefficient (Wildman–Crippen LogP) is 4.83. The number of hydrogen-bond donors (Lipinski definition) is 0. The quantitative estimate of drug-likeness (QED) is 0.719. The molecule has 0 bridgehead atoms. The lowest BCUT2D eigenvalue weighted by Crippen LogP contribution is -1.89. The van der Waals surface area contributed by atoms with Crippen LogP contribution in [0.2, 0.25) is 0 Å². The molecule has 0 spiro atoms. The standard InChI is InChI=1S/C12H10Br2O/c1-8-6-10(7-15-8)12(14)9-2-4-11(13)5-3-9/h2-7,12H,1H3. The van der Waals surface area contributed by atoms with Gasteiger partial charge in [-0.2, -0.15) is 0 Å². The highest BCUT2D eigenvalue weighted by molar-refractivity contribution is 9.10. The zero-order valence-corrected chi connectivity index (χ0v) is 11.4. The predicted molar refractivity (Wildman–Crippen MR) is 68.4 cm³/mol. The van der Waals surface area contributed by atoms with Crippen LogP contribution in [0, 0.1) is 6.92 Å². The molecule has 0 amide bonds. The van der Waals surface area contributed by atoms with Crippen molar-refractivity contribution in [1.82, 2.24) is 0 Å². The molecule has 0 fully saturated rings. The Bertz CT molecular complexity index is 445. The lowest BCUT2D eigenvalue weighted by molar-refractivity contribution is 0.532. The molecule has 1 heterocycles. The Balaban J connectivity index is 2.28. The molecule has 1 aromatic carbocycles. The number of alkyl halides is 1. The van der Waals surface area contributed by atoms with Crippen LogP contribution in [0.25, 0.3) is 0 Å². The van der Waals surface area contributed by atoms with Gasteiger partial charge >= 0.3 is 0 Å². The molecule has 0 aliphatic rings. The lowest BCUT2D eigenvalue weighted by Gasteiger charge is -2.07. The van der Waals surface area contributed by atoms with Crippen molar-refractivity contribution in [3.05, 3.63) is 58.0 Å². The van der Waals surface area contributed by atoms with Gasteiger partial charge < -0.3 is 4.42 Å². The van der Waals surface area contributed by atoms with Crippen molar-refractivity contribution in [2.24, 2.45) is 0 Å². The monoisotopic (exact) mass is 328 g/mol. The first-order valence-electron chi connectivity index (χ1n) is 4.61. The van der Waals surface area contributed by atoms with Gasteiger partial charge in [0.15, 0.2) is 0 Å². The first-order valence-corrected chi connectivity index (χ1v) is 6.32. The van der Waals surface area contributed by atoms with Gasteiger partial charge in [0, 0.05) is 10.0 Å². The van der Waals surface area contributed by atoms with E-state index in [1.165, 1.54) is 5.56 Å². The Hall–Kier alpha value is -0.540. The maximum Gasteiger partial charge on any atom is 0.101 e. The average Bonchev–Trinajstić information content (AvgIpc) is 2.65. The van der Waals surface area contributed by atoms with Crippen molar-refractivity contribution >= 4 is 31.9 Å². The number of aryl methyl sites for hydroxylation is 1. The molecular weight excluding hydrogens is 320 g/mol. The van der Waals surface area contributed by atoms with E-state index in [0.717, 1.165) is 15.8 Å². The van der Waals surface area contributed by atoms with Crippen molar-refractivity contribution in [2.45, 2.75) is 11.8 Å². The van der Waals surface area contributed by atoms with Gasteiger partial charge in [-0.15, -0.1) is 0 Å². The van der Waals surface area contributed by atoms with E-state index >= 15 is 0 Å². The highest BCUT2D eigenvalue weighted by Gasteiger charge is 2.12. The molecular formula is C12H10Br2O. The van der Waals surface area contributed by atoms with Gasteiger partial charge in [-0.1, -0.05) is 44.0 Å². The van der Waals surface area contributed by atoms with Crippen LogP contribution in [0.3, 0.4) is 0 Å². The Morgan fingerprint density at radius 1 is 1.13 bits per heavy atom. The summed E-state index contributed by atoms with van der Waals surface area (Å²) >= 11 is 7.08. The second-order valence-electron chi connectivity index (χ2n) is 3.40. The summed E-state index contributed by atoms with van der Waals surface area (Å²) in [6, 6.07) is 10.3. The minimum absolute atomic E-state index is 0.197. The maximum absolute atomic E-state index is 5.29. The largest absolute Gasteiger partial charge is 0.469 e. The zero-order valence-electron chi connectivity index (χ0n) is 8.21. The minimum Gasteiger partial charge on any atom is -0.469 e. The van der Waals surface area contributed by atoms with Crippen LogP contribution in [0.5, 0.6) is 0 Å². The number of hydrogen-bond acceptors (Lipinski definition) is 1. The third kappa shape index (κ3) is 2.52. The van der Waals surface area contributed by atoms with Crippen LogP contribution in [-0.2, 0) is 0 Å². The van der Waals surface area contributed by atoms with Crippen LogP contribution in [0.4, 0.5) is 0 Å². The van der Waals surface area contributed by atoms with E-state index in [4.69, 9.17) is 4.42 Å². The highest BCUT2D eigenvalue weighted by atomic mass is 79.9. The highest BCUT2D eigenvalue weighted by Crippen LogP contribution is 2.32. The number of benzene rings is 1. The molecule has 3 heteroatoms.